The van der Waals surface area contributed by atoms with Crippen molar-refractivity contribution in [1.82, 2.24) is 10.2 Å². The van der Waals surface area contributed by atoms with Gasteiger partial charge < -0.3 is 19.7 Å². The third kappa shape index (κ3) is 6.55. The predicted octanol–water partition coefficient (Wildman–Crippen LogP) is 2.34. The molecule has 0 saturated heterocycles. The summed E-state index contributed by atoms with van der Waals surface area (Å²) >= 11 is 0. The molecular formula is C18H26N2O3. The van der Waals surface area contributed by atoms with Crippen molar-refractivity contribution in [2.24, 2.45) is 0 Å². The van der Waals surface area contributed by atoms with Crippen LogP contribution < -0.4 is 10.1 Å². The van der Waals surface area contributed by atoms with Crippen LogP contribution in [0.3, 0.4) is 0 Å². The molecule has 0 aliphatic rings. The van der Waals surface area contributed by atoms with Crippen molar-refractivity contribution in [3.05, 3.63) is 42.1 Å². The number of nitrogens with one attached hydrogen (secondary N) is 1. The number of ether oxygens (including phenoxy) is 1. The smallest absolute Gasteiger partial charge is 0.219 e. The lowest BCUT2D eigenvalue weighted by atomic mass is 9.95. The normalized spacial score (nSPS) is 11.4. The molecule has 1 aromatic carbocycles. The van der Waals surface area contributed by atoms with E-state index < -0.39 is 0 Å². The van der Waals surface area contributed by atoms with Gasteiger partial charge in [-0.15, -0.1) is 0 Å². The van der Waals surface area contributed by atoms with E-state index in [2.05, 4.69) is 11.9 Å². The summed E-state index contributed by atoms with van der Waals surface area (Å²) in [4.78, 5) is 24.5. The van der Waals surface area contributed by atoms with Crippen molar-refractivity contribution in [3.63, 3.8) is 0 Å². The molecule has 0 spiro atoms. The quantitative estimate of drug-likeness (QED) is 0.673. The molecule has 1 amide bonds. The first-order valence-corrected chi connectivity index (χ1v) is 7.73. The minimum absolute atomic E-state index is 0.0570. The first-order chi connectivity index (χ1) is 11.0. The van der Waals surface area contributed by atoms with Gasteiger partial charge in [0.1, 0.15) is 18.6 Å². The van der Waals surface area contributed by atoms with E-state index in [0.29, 0.717) is 19.4 Å². The van der Waals surface area contributed by atoms with Crippen molar-refractivity contribution in [1.29, 1.82) is 0 Å². The van der Waals surface area contributed by atoms with Crippen LogP contribution in [0.2, 0.25) is 0 Å². The predicted molar refractivity (Wildman–Crippen MR) is 91.5 cm³/mol. The van der Waals surface area contributed by atoms with E-state index in [1.165, 1.54) is 0 Å². The van der Waals surface area contributed by atoms with Crippen LogP contribution in [0.5, 0.6) is 5.75 Å². The largest absolute Gasteiger partial charge is 0.492 e. The van der Waals surface area contributed by atoms with Gasteiger partial charge >= 0.3 is 0 Å². The Morgan fingerprint density at radius 1 is 1.39 bits per heavy atom. The molecule has 1 unspecified atom stereocenters. The molecule has 5 nitrogen and oxygen atoms in total. The van der Waals surface area contributed by atoms with Gasteiger partial charge in [-0.25, -0.2) is 0 Å². The Balaban J connectivity index is 2.52. The number of amides is 1. The van der Waals surface area contributed by atoms with Crippen molar-refractivity contribution in [2.75, 3.05) is 27.2 Å². The maximum atomic E-state index is 11.3. The lowest BCUT2D eigenvalue weighted by Gasteiger charge is -2.19. The lowest BCUT2D eigenvalue weighted by molar-refractivity contribution is -0.120. The second-order valence-electron chi connectivity index (χ2n) is 5.53. The van der Waals surface area contributed by atoms with Gasteiger partial charge in [0.15, 0.2) is 0 Å². The second kappa shape index (κ2) is 9.66. The summed E-state index contributed by atoms with van der Waals surface area (Å²) in [6, 6.07) is 7.46. The third-order valence-electron chi connectivity index (χ3n) is 3.78. The molecule has 0 saturated carbocycles. The minimum atomic E-state index is -0.268. The maximum absolute atomic E-state index is 11.3. The van der Waals surface area contributed by atoms with Crippen LogP contribution in [0.25, 0.3) is 0 Å². The molecule has 23 heavy (non-hydrogen) atoms. The topological polar surface area (TPSA) is 58.6 Å². The second-order valence-corrected chi connectivity index (χ2v) is 5.53. The van der Waals surface area contributed by atoms with Crippen LogP contribution in [0.15, 0.2) is 36.5 Å². The van der Waals surface area contributed by atoms with Gasteiger partial charge in [0.05, 0.1) is 6.54 Å². The molecule has 126 valence electrons. The summed E-state index contributed by atoms with van der Waals surface area (Å²) in [6.07, 6.45) is 1.73. The van der Waals surface area contributed by atoms with Crippen LogP contribution >= 0.6 is 0 Å². The molecule has 0 bridgehead atoms. The molecule has 1 rings (SSSR count). The van der Waals surface area contributed by atoms with Crippen LogP contribution in [0, 0.1) is 0 Å². The number of benzene rings is 1. The molecule has 0 aliphatic carbocycles. The number of carbonyl (C=O) groups is 2. The summed E-state index contributed by atoms with van der Waals surface area (Å²) in [5, 5.41) is 2.56. The summed E-state index contributed by atoms with van der Waals surface area (Å²) in [7, 11) is 3.56. The van der Waals surface area contributed by atoms with Crippen molar-refractivity contribution >= 4 is 12.2 Å². The zero-order valence-electron chi connectivity index (χ0n) is 14.2. The molecular weight excluding hydrogens is 292 g/mol. The number of hydrogen-bond acceptors (Lipinski definition) is 4. The van der Waals surface area contributed by atoms with Gasteiger partial charge in [-0.3, -0.25) is 4.79 Å². The van der Waals surface area contributed by atoms with Gasteiger partial charge in [-0.05, 0) is 31.0 Å². The number of hydrogen-bond donors (Lipinski definition) is 1. The Morgan fingerprint density at radius 2 is 2.04 bits per heavy atom. The highest BCUT2D eigenvalue weighted by atomic mass is 16.5. The number of carbonyl (C=O) groups excluding carboxylic acids is 2. The molecule has 5 heteroatoms. The Kier molecular flexibility index (Phi) is 7.88. The van der Waals surface area contributed by atoms with E-state index in [-0.39, 0.29) is 11.8 Å². The van der Waals surface area contributed by atoms with Crippen LogP contribution in [0.4, 0.5) is 0 Å². The van der Waals surface area contributed by atoms with Crippen molar-refractivity contribution in [3.8, 4) is 5.75 Å². The highest BCUT2D eigenvalue weighted by molar-refractivity contribution is 5.76. The highest BCUT2D eigenvalue weighted by Crippen LogP contribution is 2.22. The summed E-state index contributed by atoms with van der Waals surface area (Å²) in [5.74, 6) is 0.439. The van der Waals surface area contributed by atoms with E-state index >= 15 is 0 Å². The Labute approximate surface area is 138 Å². The Morgan fingerprint density at radius 3 is 2.57 bits per heavy atom. The molecule has 1 atom stereocenters. The molecule has 0 heterocycles. The molecule has 0 aliphatic heterocycles. The van der Waals surface area contributed by atoms with Gasteiger partial charge in [0.2, 0.25) is 5.91 Å². The molecule has 1 aromatic rings. The minimum Gasteiger partial charge on any atom is -0.492 e. The van der Waals surface area contributed by atoms with Gasteiger partial charge in [0, 0.05) is 32.1 Å². The van der Waals surface area contributed by atoms with Crippen LogP contribution in [-0.4, -0.2) is 44.3 Å². The van der Waals surface area contributed by atoms with Crippen LogP contribution in [-0.2, 0) is 9.59 Å². The number of likely N-dealkylation sites (N-methyl/N-ethyl adjacent to an activating group) is 1. The monoisotopic (exact) mass is 318 g/mol. The van der Waals surface area contributed by atoms with E-state index in [1.54, 1.807) is 7.05 Å². The molecule has 0 aromatic heterocycles. The summed E-state index contributed by atoms with van der Waals surface area (Å²) in [6.45, 7) is 7.15. The van der Waals surface area contributed by atoms with E-state index in [9.17, 15) is 9.59 Å². The van der Waals surface area contributed by atoms with Crippen molar-refractivity contribution < 1.29 is 14.3 Å². The fourth-order valence-electron chi connectivity index (χ4n) is 2.03. The number of nitrogens with zero attached hydrogens (tertiary/aromatic N) is 1. The zero-order valence-corrected chi connectivity index (χ0v) is 14.2. The Hall–Kier alpha value is -2.30. The first kappa shape index (κ1) is 18.7. The lowest BCUT2D eigenvalue weighted by Crippen LogP contribution is -2.22. The van der Waals surface area contributed by atoms with Crippen molar-refractivity contribution in [2.45, 2.75) is 25.7 Å². The summed E-state index contributed by atoms with van der Waals surface area (Å²) < 4.78 is 5.68. The zero-order chi connectivity index (χ0) is 17.2. The maximum Gasteiger partial charge on any atom is 0.219 e. The standard InChI is InChI=1S/C18H26N2O3/c1-14(2)20(4)11-12-23-17-8-5-15(6-9-17)16(13-21)7-10-18(22)19-3/h5-6,8-9,13,16H,1,7,10-12H2,2-4H3,(H,19,22). The highest BCUT2D eigenvalue weighted by Gasteiger charge is 2.12. The van der Waals surface area contributed by atoms with E-state index in [1.807, 2.05) is 43.1 Å². The fraction of sp³-hybridized carbons (Fsp3) is 0.444. The van der Waals surface area contributed by atoms with Gasteiger partial charge in [-0.1, -0.05) is 18.7 Å². The summed E-state index contributed by atoms with van der Waals surface area (Å²) in [5.41, 5.74) is 1.89. The average molecular weight is 318 g/mol. The number of rotatable bonds is 10. The van der Waals surface area contributed by atoms with Gasteiger partial charge in [-0.2, -0.15) is 0 Å². The molecule has 0 fully saturated rings. The van der Waals surface area contributed by atoms with E-state index in [0.717, 1.165) is 29.8 Å². The van der Waals surface area contributed by atoms with E-state index in [4.69, 9.17) is 4.74 Å². The fourth-order valence-corrected chi connectivity index (χ4v) is 2.03. The molecule has 0 radical (unpaired) electrons. The van der Waals surface area contributed by atoms with Gasteiger partial charge in [0.25, 0.3) is 0 Å². The number of allylic oxidation sites excluding steroid dienone is 1. The number of aldehydes is 1. The van der Waals surface area contributed by atoms with Crippen LogP contribution in [0.1, 0.15) is 31.2 Å². The SMILES string of the molecule is C=C(C)N(C)CCOc1ccc(C(C=O)CCC(=O)NC)cc1. The Bertz CT molecular complexity index is 526. The third-order valence-corrected chi connectivity index (χ3v) is 3.78. The first-order valence-electron chi connectivity index (χ1n) is 7.73. The molecule has 1 N–H and O–H groups in total. The average Bonchev–Trinajstić information content (AvgIpc) is 2.56.